The molecule has 2 N–H and O–H groups in total. The standard InChI is InChI=1S/C15H18N2O2/c1-15(2)10-12(15)14(19)17-13-8-5-7-11(16-13)6-3-4-9-18/h5,7-8,12,18H,4,9-10H2,1-2H3,(H,16,17,19). The zero-order chi connectivity index (χ0) is 13.9. The van der Waals surface area contributed by atoms with Gasteiger partial charge in [-0.3, -0.25) is 4.79 Å². The molecule has 2 rings (SSSR count). The van der Waals surface area contributed by atoms with Crippen molar-refractivity contribution in [2.75, 3.05) is 11.9 Å². The van der Waals surface area contributed by atoms with E-state index in [4.69, 9.17) is 5.11 Å². The Morgan fingerprint density at radius 3 is 2.95 bits per heavy atom. The van der Waals surface area contributed by atoms with Crippen LogP contribution in [-0.4, -0.2) is 22.6 Å². The molecule has 1 atom stereocenters. The van der Waals surface area contributed by atoms with Crippen LogP contribution < -0.4 is 5.32 Å². The minimum Gasteiger partial charge on any atom is -0.395 e. The molecule has 0 radical (unpaired) electrons. The summed E-state index contributed by atoms with van der Waals surface area (Å²) in [5.74, 6) is 6.29. The van der Waals surface area contributed by atoms with E-state index in [1.807, 2.05) is 6.07 Å². The second kappa shape index (κ2) is 5.41. The average molecular weight is 258 g/mol. The molecule has 0 saturated heterocycles. The van der Waals surface area contributed by atoms with Crippen LogP contribution in [0.3, 0.4) is 0 Å². The second-order valence-electron chi connectivity index (χ2n) is 5.42. The van der Waals surface area contributed by atoms with Crippen LogP contribution in [0.1, 0.15) is 32.4 Å². The fraction of sp³-hybridized carbons (Fsp3) is 0.467. The molecule has 19 heavy (non-hydrogen) atoms. The zero-order valence-corrected chi connectivity index (χ0v) is 11.2. The van der Waals surface area contributed by atoms with Crippen LogP contribution in [0.4, 0.5) is 5.82 Å². The lowest BCUT2D eigenvalue weighted by atomic mass is 10.1. The minimum absolute atomic E-state index is 0.0259. The number of carbonyl (C=O) groups is 1. The Labute approximate surface area is 113 Å². The Kier molecular flexibility index (Phi) is 3.87. The summed E-state index contributed by atoms with van der Waals surface area (Å²) in [6.45, 7) is 4.21. The minimum atomic E-state index is 0.0259. The van der Waals surface area contributed by atoms with E-state index in [9.17, 15) is 4.79 Å². The van der Waals surface area contributed by atoms with Crippen LogP contribution in [0.2, 0.25) is 0 Å². The maximum absolute atomic E-state index is 11.9. The van der Waals surface area contributed by atoms with Gasteiger partial charge in [-0.25, -0.2) is 4.98 Å². The van der Waals surface area contributed by atoms with E-state index < -0.39 is 0 Å². The summed E-state index contributed by atoms with van der Waals surface area (Å²) in [4.78, 5) is 16.2. The van der Waals surface area contributed by atoms with E-state index in [1.54, 1.807) is 12.1 Å². The number of rotatable bonds is 3. The van der Waals surface area contributed by atoms with Crippen molar-refractivity contribution < 1.29 is 9.90 Å². The van der Waals surface area contributed by atoms with Crippen LogP contribution in [0.25, 0.3) is 0 Å². The van der Waals surface area contributed by atoms with E-state index >= 15 is 0 Å². The lowest BCUT2D eigenvalue weighted by molar-refractivity contribution is -0.118. The lowest BCUT2D eigenvalue weighted by Crippen LogP contribution is -2.17. The Morgan fingerprint density at radius 2 is 2.32 bits per heavy atom. The second-order valence-corrected chi connectivity index (χ2v) is 5.42. The first-order valence-corrected chi connectivity index (χ1v) is 6.40. The molecule has 0 aliphatic heterocycles. The SMILES string of the molecule is CC1(C)CC1C(=O)Nc1cccc(C#CCCO)n1. The van der Waals surface area contributed by atoms with Crippen LogP contribution in [0.15, 0.2) is 18.2 Å². The first kappa shape index (κ1) is 13.6. The molecule has 1 aliphatic rings. The molecular formula is C15H18N2O2. The number of anilines is 1. The third-order valence-corrected chi connectivity index (χ3v) is 3.28. The number of nitrogens with one attached hydrogen (secondary N) is 1. The van der Waals surface area contributed by atoms with Gasteiger partial charge in [-0.05, 0) is 29.9 Å². The molecule has 100 valence electrons. The number of hydrogen-bond acceptors (Lipinski definition) is 3. The summed E-state index contributed by atoms with van der Waals surface area (Å²) in [5.41, 5.74) is 0.712. The summed E-state index contributed by atoms with van der Waals surface area (Å²) in [7, 11) is 0. The van der Waals surface area contributed by atoms with Gasteiger partial charge in [0.2, 0.25) is 5.91 Å². The van der Waals surface area contributed by atoms with Gasteiger partial charge in [-0.2, -0.15) is 0 Å². The Balaban J connectivity index is 2.00. The molecule has 1 heterocycles. The molecule has 0 bridgehead atoms. The highest BCUT2D eigenvalue weighted by atomic mass is 16.2. The van der Waals surface area contributed by atoms with Crippen molar-refractivity contribution in [3.05, 3.63) is 23.9 Å². The van der Waals surface area contributed by atoms with E-state index in [1.165, 1.54) is 0 Å². The normalized spacial score (nSPS) is 19.2. The third kappa shape index (κ3) is 3.55. The molecule has 1 unspecified atom stereocenters. The number of hydrogen-bond donors (Lipinski definition) is 2. The third-order valence-electron chi connectivity index (χ3n) is 3.28. The average Bonchev–Trinajstić information content (AvgIpc) is 3.00. The van der Waals surface area contributed by atoms with Crippen molar-refractivity contribution in [1.82, 2.24) is 4.98 Å². The molecular weight excluding hydrogens is 240 g/mol. The van der Waals surface area contributed by atoms with Crippen LogP contribution in [0, 0.1) is 23.2 Å². The van der Waals surface area contributed by atoms with Gasteiger partial charge in [0, 0.05) is 12.3 Å². The number of amides is 1. The molecule has 1 aromatic heterocycles. The predicted octanol–water partition coefficient (Wildman–Crippen LogP) is 1.80. The monoisotopic (exact) mass is 258 g/mol. The highest BCUT2D eigenvalue weighted by Gasteiger charge is 2.50. The van der Waals surface area contributed by atoms with Crippen LogP contribution >= 0.6 is 0 Å². The van der Waals surface area contributed by atoms with Crippen molar-refractivity contribution in [3.63, 3.8) is 0 Å². The smallest absolute Gasteiger partial charge is 0.229 e. The number of pyridine rings is 1. The number of nitrogens with zero attached hydrogens (tertiary/aromatic N) is 1. The highest BCUT2D eigenvalue weighted by molar-refractivity contribution is 5.94. The summed E-state index contributed by atoms with van der Waals surface area (Å²) >= 11 is 0. The van der Waals surface area contributed by atoms with Gasteiger partial charge in [0.15, 0.2) is 0 Å². The van der Waals surface area contributed by atoms with Gasteiger partial charge in [0.1, 0.15) is 11.5 Å². The molecule has 1 aliphatic carbocycles. The number of aliphatic hydroxyl groups is 1. The quantitative estimate of drug-likeness (QED) is 0.813. The fourth-order valence-electron chi connectivity index (χ4n) is 1.91. The summed E-state index contributed by atoms with van der Waals surface area (Å²) in [6.07, 6.45) is 1.35. The van der Waals surface area contributed by atoms with Gasteiger partial charge in [-0.1, -0.05) is 25.8 Å². The van der Waals surface area contributed by atoms with Crippen LogP contribution in [0.5, 0.6) is 0 Å². The first-order chi connectivity index (χ1) is 9.03. The van der Waals surface area contributed by atoms with Crippen molar-refractivity contribution in [2.45, 2.75) is 26.7 Å². The largest absolute Gasteiger partial charge is 0.395 e. The Bertz CT molecular complexity index is 541. The van der Waals surface area contributed by atoms with Crippen molar-refractivity contribution in [2.24, 2.45) is 11.3 Å². The topological polar surface area (TPSA) is 62.2 Å². The van der Waals surface area contributed by atoms with Gasteiger partial charge < -0.3 is 10.4 Å². The molecule has 0 spiro atoms. The van der Waals surface area contributed by atoms with E-state index in [0.29, 0.717) is 17.9 Å². The highest BCUT2D eigenvalue weighted by Crippen LogP contribution is 2.51. The molecule has 1 amide bonds. The maximum atomic E-state index is 11.9. The molecule has 1 aromatic rings. The summed E-state index contributed by atoms with van der Waals surface area (Å²) in [6, 6.07) is 5.34. The Hall–Kier alpha value is -1.86. The number of aliphatic hydroxyl groups excluding tert-OH is 1. The van der Waals surface area contributed by atoms with Gasteiger partial charge in [-0.15, -0.1) is 0 Å². The van der Waals surface area contributed by atoms with Crippen molar-refractivity contribution in [3.8, 4) is 11.8 Å². The molecule has 1 fully saturated rings. The number of carbonyl (C=O) groups excluding carboxylic acids is 1. The maximum Gasteiger partial charge on any atom is 0.229 e. The van der Waals surface area contributed by atoms with E-state index in [2.05, 4.69) is 36.0 Å². The van der Waals surface area contributed by atoms with E-state index in [-0.39, 0.29) is 23.8 Å². The summed E-state index contributed by atoms with van der Waals surface area (Å²) < 4.78 is 0. The number of aromatic nitrogens is 1. The van der Waals surface area contributed by atoms with Gasteiger partial charge in [0.05, 0.1) is 6.61 Å². The van der Waals surface area contributed by atoms with Crippen LogP contribution in [-0.2, 0) is 4.79 Å². The zero-order valence-electron chi connectivity index (χ0n) is 11.2. The molecule has 0 aromatic carbocycles. The van der Waals surface area contributed by atoms with Gasteiger partial charge in [0.25, 0.3) is 0 Å². The van der Waals surface area contributed by atoms with E-state index in [0.717, 1.165) is 6.42 Å². The van der Waals surface area contributed by atoms with Crippen molar-refractivity contribution in [1.29, 1.82) is 0 Å². The van der Waals surface area contributed by atoms with Crippen molar-refractivity contribution >= 4 is 11.7 Å². The lowest BCUT2D eigenvalue weighted by Gasteiger charge is -2.05. The molecule has 4 nitrogen and oxygen atoms in total. The summed E-state index contributed by atoms with van der Waals surface area (Å²) in [5, 5.41) is 11.5. The Morgan fingerprint density at radius 1 is 1.58 bits per heavy atom. The molecule has 1 saturated carbocycles. The first-order valence-electron chi connectivity index (χ1n) is 6.40. The molecule has 4 heteroatoms. The predicted molar refractivity (Wildman–Crippen MR) is 73.3 cm³/mol. The fourth-order valence-corrected chi connectivity index (χ4v) is 1.91. The van der Waals surface area contributed by atoms with Gasteiger partial charge >= 0.3 is 0 Å².